The van der Waals surface area contributed by atoms with Gasteiger partial charge in [0.05, 0.1) is 16.1 Å². The summed E-state index contributed by atoms with van der Waals surface area (Å²) >= 11 is 9.39. The monoisotopic (exact) mass is 519 g/mol. The lowest BCUT2D eigenvalue weighted by molar-refractivity contribution is -0.126. The summed E-state index contributed by atoms with van der Waals surface area (Å²) in [7, 11) is 0. The van der Waals surface area contributed by atoms with E-state index in [-0.39, 0.29) is 26.9 Å². The Morgan fingerprint density at radius 3 is 2.75 bits per heavy atom. The van der Waals surface area contributed by atoms with Crippen molar-refractivity contribution < 1.29 is 13.9 Å². The second kappa shape index (κ2) is 9.79. The highest BCUT2D eigenvalue weighted by molar-refractivity contribution is 9.10. The summed E-state index contributed by atoms with van der Waals surface area (Å²) in [5.41, 5.74) is 0.987. The summed E-state index contributed by atoms with van der Waals surface area (Å²) in [6.45, 7) is 5.87. The van der Waals surface area contributed by atoms with Crippen LogP contribution in [0.15, 0.2) is 47.6 Å². The minimum absolute atomic E-state index is 0.0705. The molecule has 0 unspecified atom stereocenters. The number of halogens is 3. The number of pyridine rings is 1. The van der Waals surface area contributed by atoms with Gasteiger partial charge < -0.3 is 14.5 Å². The Hall–Kier alpha value is -2.78. The van der Waals surface area contributed by atoms with E-state index < -0.39 is 5.82 Å². The highest BCUT2D eigenvalue weighted by Crippen LogP contribution is 2.36. The molecule has 1 aromatic carbocycles. The fraction of sp³-hybridized carbons (Fsp3) is 0.273. The molecule has 4 rings (SSSR count). The Morgan fingerprint density at radius 2 is 2.06 bits per heavy atom. The van der Waals surface area contributed by atoms with Gasteiger partial charge in [-0.1, -0.05) is 24.2 Å². The highest BCUT2D eigenvalue weighted by Gasteiger charge is 2.25. The van der Waals surface area contributed by atoms with Crippen LogP contribution >= 0.6 is 27.5 Å². The number of piperazine rings is 1. The molecule has 0 aliphatic carbocycles. The van der Waals surface area contributed by atoms with Gasteiger partial charge in [0.25, 0.3) is 0 Å². The number of rotatable bonds is 6. The van der Waals surface area contributed by atoms with Crippen LogP contribution in [-0.2, 0) is 11.2 Å². The third kappa shape index (κ3) is 4.68. The van der Waals surface area contributed by atoms with Crippen LogP contribution in [0.2, 0.25) is 5.02 Å². The fourth-order valence-corrected chi connectivity index (χ4v) is 4.00. The predicted molar refractivity (Wildman–Crippen MR) is 125 cm³/mol. The zero-order valence-corrected chi connectivity index (χ0v) is 19.4. The van der Waals surface area contributed by atoms with Crippen LogP contribution in [0.1, 0.15) is 5.69 Å². The van der Waals surface area contributed by atoms with E-state index in [1.165, 1.54) is 6.08 Å². The second-order valence-corrected chi connectivity index (χ2v) is 8.35. The zero-order chi connectivity index (χ0) is 22.7. The summed E-state index contributed by atoms with van der Waals surface area (Å²) in [4.78, 5) is 28.7. The van der Waals surface area contributed by atoms with Gasteiger partial charge in [0.15, 0.2) is 5.82 Å². The molecule has 166 valence electrons. The number of nitrogens with zero attached hydrogens (tertiary/aromatic N) is 5. The number of carbonyl (C=O) groups excluding carboxylic acids is 1. The molecule has 1 aliphatic heterocycles. The van der Waals surface area contributed by atoms with Gasteiger partial charge in [-0.15, -0.1) is 0 Å². The van der Waals surface area contributed by atoms with Gasteiger partial charge >= 0.3 is 6.01 Å². The molecule has 3 aromatic rings. The number of anilines is 1. The maximum Gasteiger partial charge on any atom is 0.319 e. The van der Waals surface area contributed by atoms with E-state index in [0.29, 0.717) is 50.4 Å². The molecule has 0 saturated carbocycles. The molecule has 1 aliphatic rings. The van der Waals surface area contributed by atoms with Crippen molar-refractivity contribution in [2.24, 2.45) is 0 Å². The van der Waals surface area contributed by atoms with E-state index in [1.54, 1.807) is 17.2 Å². The van der Waals surface area contributed by atoms with Gasteiger partial charge in [-0.05, 0) is 40.2 Å². The van der Waals surface area contributed by atoms with Gasteiger partial charge in [0.2, 0.25) is 5.91 Å². The molecule has 0 atom stereocenters. The zero-order valence-electron chi connectivity index (χ0n) is 17.1. The lowest BCUT2D eigenvalue weighted by Gasteiger charge is -2.35. The normalized spacial score (nSPS) is 14.0. The van der Waals surface area contributed by atoms with Crippen LogP contribution < -0.4 is 9.64 Å². The van der Waals surface area contributed by atoms with Crippen molar-refractivity contribution in [3.63, 3.8) is 0 Å². The van der Waals surface area contributed by atoms with Crippen molar-refractivity contribution in [2.75, 3.05) is 37.7 Å². The van der Waals surface area contributed by atoms with Crippen LogP contribution in [0.3, 0.4) is 0 Å². The number of aromatic nitrogens is 3. The van der Waals surface area contributed by atoms with Crippen LogP contribution in [0.4, 0.5) is 10.2 Å². The SMILES string of the molecule is C=CC(=O)N1CCN(c2nc(OCCc3ccccn3)nc3c(F)c(Br)c(Cl)cc23)CC1. The average molecular weight is 521 g/mol. The lowest BCUT2D eigenvalue weighted by atomic mass is 10.2. The Bertz CT molecular complexity index is 1160. The molecule has 1 fully saturated rings. The number of ether oxygens (including phenoxy) is 1. The summed E-state index contributed by atoms with van der Waals surface area (Å²) in [5.74, 6) is -0.179. The van der Waals surface area contributed by atoms with Crippen molar-refractivity contribution in [1.29, 1.82) is 0 Å². The third-order valence-corrected chi connectivity index (χ3v) is 6.47. The second-order valence-electron chi connectivity index (χ2n) is 7.15. The number of fused-ring (bicyclic) bond motifs is 1. The number of hydrogen-bond donors (Lipinski definition) is 0. The molecule has 0 bridgehead atoms. The molecule has 0 radical (unpaired) electrons. The first kappa shape index (κ1) is 22.4. The van der Waals surface area contributed by atoms with Crippen molar-refractivity contribution >= 4 is 50.2 Å². The van der Waals surface area contributed by atoms with Crippen LogP contribution in [0, 0.1) is 5.82 Å². The van der Waals surface area contributed by atoms with E-state index in [0.717, 1.165) is 5.69 Å². The van der Waals surface area contributed by atoms with E-state index in [1.807, 2.05) is 23.1 Å². The molecule has 3 heterocycles. The standard InChI is InChI=1S/C22H20BrClFN5O2/c1-2-17(31)29-8-10-30(11-9-29)21-15-13-16(24)18(23)19(25)20(15)27-22(28-21)32-12-6-14-5-3-4-7-26-14/h2-5,7,13H,1,6,8-12H2. The topological polar surface area (TPSA) is 71.5 Å². The first-order chi connectivity index (χ1) is 15.5. The summed E-state index contributed by atoms with van der Waals surface area (Å²) in [6.07, 6.45) is 3.58. The maximum absolute atomic E-state index is 15.0. The Morgan fingerprint density at radius 1 is 1.28 bits per heavy atom. The van der Waals surface area contributed by atoms with Crippen molar-refractivity contribution in [1.82, 2.24) is 19.9 Å². The molecule has 0 spiro atoms. The molecular weight excluding hydrogens is 501 g/mol. The van der Waals surface area contributed by atoms with Gasteiger partial charge in [-0.2, -0.15) is 9.97 Å². The molecule has 0 N–H and O–H groups in total. The average Bonchev–Trinajstić information content (AvgIpc) is 2.83. The quantitative estimate of drug-likeness (QED) is 0.361. The van der Waals surface area contributed by atoms with Gasteiger partial charge in [-0.3, -0.25) is 9.78 Å². The Kier molecular flexibility index (Phi) is 6.86. The first-order valence-corrected chi connectivity index (χ1v) is 11.2. The third-order valence-electron chi connectivity index (χ3n) is 5.17. The number of benzene rings is 1. The maximum atomic E-state index is 15.0. The van der Waals surface area contributed by atoms with Gasteiger partial charge in [-0.25, -0.2) is 4.39 Å². The van der Waals surface area contributed by atoms with Crippen LogP contribution in [0.5, 0.6) is 6.01 Å². The lowest BCUT2D eigenvalue weighted by Crippen LogP contribution is -2.48. The summed E-state index contributed by atoms with van der Waals surface area (Å²) in [5, 5.41) is 0.709. The van der Waals surface area contributed by atoms with Crippen molar-refractivity contribution in [3.05, 3.63) is 64.1 Å². The summed E-state index contributed by atoms with van der Waals surface area (Å²) < 4.78 is 20.9. The van der Waals surface area contributed by atoms with Crippen LogP contribution in [0.25, 0.3) is 10.9 Å². The highest BCUT2D eigenvalue weighted by atomic mass is 79.9. The van der Waals surface area contributed by atoms with E-state index in [9.17, 15) is 4.79 Å². The van der Waals surface area contributed by atoms with Gasteiger partial charge in [0, 0.05) is 49.9 Å². The number of carbonyl (C=O) groups is 1. The van der Waals surface area contributed by atoms with E-state index >= 15 is 4.39 Å². The van der Waals surface area contributed by atoms with Gasteiger partial charge in [0.1, 0.15) is 11.3 Å². The smallest absolute Gasteiger partial charge is 0.319 e. The number of amides is 1. The Labute approximate surface area is 198 Å². The first-order valence-electron chi connectivity index (χ1n) is 10.0. The number of hydrogen-bond acceptors (Lipinski definition) is 6. The molecule has 1 amide bonds. The molecule has 2 aromatic heterocycles. The van der Waals surface area contributed by atoms with Crippen molar-refractivity contribution in [2.45, 2.75) is 6.42 Å². The predicted octanol–water partition coefficient (Wildman–Crippen LogP) is 4.04. The molecule has 1 saturated heterocycles. The fourth-order valence-electron chi connectivity index (χ4n) is 3.50. The largest absolute Gasteiger partial charge is 0.463 e. The molecule has 10 heteroatoms. The molecular formula is C22H20BrClFN5O2. The minimum atomic E-state index is -0.578. The van der Waals surface area contributed by atoms with E-state index in [2.05, 4.69) is 37.5 Å². The summed E-state index contributed by atoms with van der Waals surface area (Å²) in [6, 6.07) is 7.36. The molecule has 7 nitrogen and oxygen atoms in total. The Balaban J connectivity index is 1.64. The van der Waals surface area contributed by atoms with E-state index in [4.69, 9.17) is 16.3 Å². The minimum Gasteiger partial charge on any atom is -0.463 e. The van der Waals surface area contributed by atoms with Crippen molar-refractivity contribution in [3.8, 4) is 6.01 Å². The molecule has 32 heavy (non-hydrogen) atoms. The van der Waals surface area contributed by atoms with Crippen LogP contribution in [-0.4, -0.2) is 58.5 Å².